The second-order valence-corrected chi connectivity index (χ2v) is 11.5. The highest BCUT2D eigenvalue weighted by Gasteiger charge is 2.25. The first-order valence-electron chi connectivity index (χ1n) is 13.4. The lowest BCUT2D eigenvalue weighted by atomic mass is 9.95. The number of aryl methyl sites for hydroxylation is 1. The minimum atomic E-state index is -0.233. The quantitative estimate of drug-likeness (QED) is 0.262. The van der Waals surface area contributed by atoms with E-state index in [-0.39, 0.29) is 11.7 Å². The van der Waals surface area contributed by atoms with Crippen molar-refractivity contribution in [2.75, 3.05) is 20.2 Å². The first-order chi connectivity index (χ1) is 19.6. The van der Waals surface area contributed by atoms with Gasteiger partial charge in [-0.1, -0.05) is 17.3 Å². The van der Waals surface area contributed by atoms with Gasteiger partial charge in [0, 0.05) is 35.5 Å². The summed E-state index contributed by atoms with van der Waals surface area (Å²) >= 11 is 1.69. The van der Waals surface area contributed by atoms with Crippen molar-refractivity contribution in [1.82, 2.24) is 35.1 Å². The highest BCUT2D eigenvalue weighted by Crippen LogP contribution is 2.33. The average Bonchev–Trinajstić information content (AvgIpc) is 3.71. The predicted molar refractivity (Wildman–Crippen MR) is 155 cm³/mol. The Morgan fingerprint density at radius 1 is 1.15 bits per heavy atom. The number of aromatic amines is 1. The fourth-order valence-corrected chi connectivity index (χ4v) is 6.56. The number of thiazole rings is 1. The van der Waals surface area contributed by atoms with Gasteiger partial charge in [-0.25, -0.2) is 14.1 Å². The van der Waals surface area contributed by atoms with Crippen LogP contribution >= 0.6 is 11.3 Å². The number of rotatable bonds is 6. The first kappa shape index (κ1) is 24.9. The first-order valence-corrected chi connectivity index (χ1v) is 14.2. The number of methoxy groups -OCH3 is 1. The molecule has 0 amide bonds. The molecule has 0 aliphatic carbocycles. The molecule has 4 heterocycles. The maximum Gasteiger partial charge on any atom is 0.131 e. The average molecular weight is 554 g/mol. The Balaban J connectivity index is 1.14. The number of hydrogen-bond donors (Lipinski definition) is 1. The second kappa shape index (κ2) is 10.1. The van der Waals surface area contributed by atoms with Crippen LogP contribution in [0.25, 0.3) is 38.1 Å². The highest BCUT2D eigenvalue weighted by atomic mass is 32.1. The molecule has 0 bridgehead atoms. The summed E-state index contributed by atoms with van der Waals surface area (Å²) in [5, 5.41) is 18.9. The van der Waals surface area contributed by atoms with Gasteiger partial charge < -0.3 is 4.74 Å². The van der Waals surface area contributed by atoms with E-state index in [1.165, 1.54) is 6.07 Å². The molecule has 0 radical (unpaired) electrons. The van der Waals surface area contributed by atoms with Gasteiger partial charge in [0.25, 0.3) is 0 Å². The van der Waals surface area contributed by atoms with Crippen molar-refractivity contribution in [3.05, 3.63) is 82.9 Å². The van der Waals surface area contributed by atoms with Crippen LogP contribution in [0.15, 0.2) is 60.8 Å². The molecule has 6 aromatic rings. The van der Waals surface area contributed by atoms with Crippen molar-refractivity contribution >= 4 is 32.5 Å². The van der Waals surface area contributed by atoms with Gasteiger partial charge in [-0.3, -0.25) is 10.00 Å². The van der Waals surface area contributed by atoms with Crippen molar-refractivity contribution in [3.63, 3.8) is 0 Å². The van der Waals surface area contributed by atoms with Gasteiger partial charge in [0.15, 0.2) is 0 Å². The van der Waals surface area contributed by atoms with Gasteiger partial charge in [0.05, 0.1) is 45.4 Å². The standard InChI is InChI=1S/C30H28FN7OS/c1-18-32-26-10-8-19(13-29(26)40-18)30-22-14-21(9-11-25(22)33-35-30)38-17-27(34-36-38)20-5-4-12-37(15-20)16-23-24(31)6-3-7-28(23)39-2/h3,6-11,13-14,17,20H,4-5,12,15-16H2,1-2H3,(H,33,35)/t20-/m1/s1. The van der Waals surface area contributed by atoms with Crippen molar-refractivity contribution < 1.29 is 9.13 Å². The molecule has 3 aromatic carbocycles. The SMILES string of the molecule is COc1cccc(F)c1CN1CCC[C@@H](c2cn(-c3ccc4[nH]nc(-c5ccc6nc(C)sc6c5)c4c3)nn2)C1. The summed E-state index contributed by atoms with van der Waals surface area (Å²) in [4.78, 5) is 6.85. The van der Waals surface area contributed by atoms with Crippen molar-refractivity contribution in [1.29, 1.82) is 0 Å². The summed E-state index contributed by atoms with van der Waals surface area (Å²) in [5.74, 6) is 0.579. The molecule has 7 rings (SSSR count). The number of hydrogen-bond acceptors (Lipinski definition) is 7. The third-order valence-corrected chi connectivity index (χ3v) is 8.63. The zero-order valence-electron chi connectivity index (χ0n) is 22.3. The zero-order valence-corrected chi connectivity index (χ0v) is 23.1. The topological polar surface area (TPSA) is 84.8 Å². The minimum Gasteiger partial charge on any atom is -0.496 e. The number of ether oxygens (including phenoxy) is 1. The van der Waals surface area contributed by atoms with E-state index in [4.69, 9.17) is 4.74 Å². The minimum absolute atomic E-state index is 0.225. The van der Waals surface area contributed by atoms with Gasteiger partial charge in [-0.05, 0) is 68.8 Å². The molecule has 202 valence electrons. The molecule has 40 heavy (non-hydrogen) atoms. The summed E-state index contributed by atoms with van der Waals surface area (Å²) in [6, 6.07) is 17.4. The van der Waals surface area contributed by atoms with E-state index in [9.17, 15) is 4.39 Å². The monoisotopic (exact) mass is 553 g/mol. The molecular formula is C30H28FN7OS. The Labute approximate surface area is 234 Å². The Morgan fingerprint density at radius 2 is 2.08 bits per heavy atom. The van der Waals surface area contributed by atoms with Crippen LogP contribution in [0.2, 0.25) is 0 Å². The van der Waals surface area contributed by atoms with Gasteiger partial charge in [-0.15, -0.1) is 16.4 Å². The molecule has 1 atom stereocenters. The predicted octanol–water partition coefficient (Wildman–Crippen LogP) is 6.26. The fraction of sp³-hybridized carbons (Fsp3) is 0.267. The Morgan fingerprint density at radius 3 is 2.98 bits per heavy atom. The summed E-state index contributed by atoms with van der Waals surface area (Å²) in [5.41, 5.74) is 6.39. The van der Waals surface area contributed by atoms with Crippen LogP contribution in [0.4, 0.5) is 4.39 Å². The normalized spacial score (nSPS) is 16.2. The van der Waals surface area contributed by atoms with Gasteiger partial charge in [0.2, 0.25) is 0 Å². The number of H-pyrrole nitrogens is 1. The van der Waals surface area contributed by atoms with Gasteiger partial charge in [-0.2, -0.15) is 5.10 Å². The number of likely N-dealkylation sites (tertiary alicyclic amines) is 1. The Hall–Kier alpha value is -4.15. The van der Waals surface area contributed by atoms with Crippen LogP contribution < -0.4 is 4.74 Å². The molecule has 1 N–H and O–H groups in total. The van der Waals surface area contributed by atoms with E-state index >= 15 is 0 Å². The van der Waals surface area contributed by atoms with E-state index in [0.717, 1.165) is 74.7 Å². The smallest absolute Gasteiger partial charge is 0.131 e. The lowest BCUT2D eigenvalue weighted by Crippen LogP contribution is -2.34. The number of nitrogens with one attached hydrogen (secondary N) is 1. The van der Waals surface area contributed by atoms with Crippen LogP contribution in [-0.4, -0.2) is 55.3 Å². The van der Waals surface area contributed by atoms with Crippen LogP contribution in [0.1, 0.15) is 35.0 Å². The third-order valence-electron chi connectivity index (χ3n) is 7.69. The van der Waals surface area contributed by atoms with Crippen LogP contribution in [0, 0.1) is 12.7 Å². The molecule has 3 aromatic heterocycles. The number of fused-ring (bicyclic) bond motifs is 2. The number of benzene rings is 3. The summed E-state index contributed by atoms with van der Waals surface area (Å²) < 4.78 is 23.0. The summed E-state index contributed by atoms with van der Waals surface area (Å²) in [6.07, 6.45) is 4.06. The molecule has 0 spiro atoms. The number of aromatic nitrogens is 6. The third kappa shape index (κ3) is 4.52. The van der Waals surface area contributed by atoms with Gasteiger partial charge in [0.1, 0.15) is 17.3 Å². The van der Waals surface area contributed by atoms with Crippen LogP contribution in [0.3, 0.4) is 0 Å². The lowest BCUT2D eigenvalue weighted by molar-refractivity contribution is 0.194. The molecule has 0 saturated carbocycles. The van der Waals surface area contributed by atoms with E-state index in [0.29, 0.717) is 17.9 Å². The van der Waals surface area contributed by atoms with Crippen molar-refractivity contribution in [2.24, 2.45) is 0 Å². The number of halogens is 1. The van der Waals surface area contributed by atoms with Crippen LogP contribution in [-0.2, 0) is 6.54 Å². The molecule has 1 saturated heterocycles. The second-order valence-electron chi connectivity index (χ2n) is 10.3. The molecule has 1 fully saturated rings. The number of nitrogens with zero attached hydrogens (tertiary/aromatic N) is 6. The van der Waals surface area contributed by atoms with E-state index in [1.54, 1.807) is 24.5 Å². The molecule has 1 aliphatic heterocycles. The van der Waals surface area contributed by atoms with E-state index in [2.05, 4.69) is 54.7 Å². The zero-order chi connectivity index (χ0) is 27.2. The molecular weight excluding hydrogens is 525 g/mol. The molecule has 10 heteroatoms. The number of piperidine rings is 1. The van der Waals surface area contributed by atoms with E-state index in [1.807, 2.05) is 36.0 Å². The maximum absolute atomic E-state index is 14.6. The molecule has 0 unspecified atom stereocenters. The lowest BCUT2D eigenvalue weighted by Gasteiger charge is -2.32. The molecule has 1 aliphatic rings. The Bertz CT molecular complexity index is 1840. The fourth-order valence-electron chi connectivity index (χ4n) is 5.69. The largest absolute Gasteiger partial charge is 0.496 e. The Kier molecular flexibility index (Phi) is 6.28. The van der Waals surface area contributed by atoms with Crippen LogP contribution in [0.5, 0.6) is 5.75 Å². The van der Waals surface area contributed by atoms with E-state index < -0.39 is 0 Å². The summed E-state index contributed by atoms with van der Waals surface area (Å²) in [6.45, 7) is 4.24. The summed E-state index contributed by atoms with van der Waals surface area (Å²) in [7, 11) is 1.58. The van der Waals surface area contributed by atoms with Gasteiger partial charge >= 0.3 is 0 Å². The molecule has 8 nitrogen and oxygen atoms in total. The van der Waals surface area contributed by atoms with Crippen molar-refractivity contribution in [3.8, 4) is 22.7 Å². The highest BCUT2D eigenvalue weighted by molar-refractivity contribution is 7.18. The van der Waals surface area contributed by atoms with Crippen molar-refractivity contribution in [2.45, 2.75) is 32.2 Å². The maximum atomic E-state index is 14.6.